The zero-order chi connectivity index (χ0) is 21.0. The molecule has 9 heteroatoms. The Balaban J connectivity index is 1.67. The average Bonchev–Trinajstić information content (AvgIpc) is 2.97. The number of amides is 1. The summed E-state index contributed by atoms with van der Waals surface area (Å²) in [6.07, 6.45) is -4.55. The zero-order valence-electron chi connectivity index (χ0n) is 15.3. The van der Waals surface area contributed by atoms with Gasteiger partial charge in [-0.2, -0.15) is 18.3 Å². The van der Waals surface area contributed by atoms with Crippen LogP contribution >= 0.6 is 27.7 Å². The lowest BCUT2D eigenvalue weighted by Gasteiger charge is -2.11. The molecule has 0 fully saturated rings. The van der Waals surface area contributed by atoms with Gasteiger partial charge in [-0.1, -0.05) is 42.1 Å². The topological polar surface area (TPSA) is 46.9 Å². The Morgan fingerprint density at radius 3 is 2.45 bits per heavy atom. The van der Waals surface area contributed by atoms with Crippen molar-refractivity contribution in [1.82, 2.24) is 9.78 Å². The van der Waals surface area contributed by atoms with Gasteiger partial charge in [0.1, 0.15) is 0 Å². The van der Waals surface area contributed by atoms with Gasteiger partial charge in [-0.05, 0) is 47.1 Å². The van der Waals surface area contributed by atoms with Crippen molar-refractivity contribution in [3.63, 3.8) is 0 Å². The number of nitrogens with zero attached hydrogens (tertiary/aromatic N) is 2. The first-order valence-electron chi connectivity index (χ1n) is 8.67. The Morgan fingerprint density at radius 1 is 1.14 bits per heavy atom. The number of benzene rings is 2. The number of carbonyl (C=O) groups is 1. The Hall–Kier alpha value is -2.26. The number of aromatic nitrogens is 2. The Bertz CT molecular complexity index is 1010. The molecule has 0 spiro atoms. The number of hydrogen-bond donors (Lipinski definition) is 1. The van der Waals surface area contributed by atoms with Crippen molar-refractivity contribution in [3.05, 3.63) is 70.5 Å². The minimum atomic E-state index is -4.55. The van der Waals surface area contributed by atoms with E-state index in [0.29, 0.717) is 11.4 Å². The lowest BCUT2D eigenvalue weighted by Crippen LogP contribution is -2.16. The maximum Gasteiger partial charge on any atom is 0.436 e. The van der Waals surface area contributed by atoms with Crippen molar-refractivity contribution in [1.29, 1.82) is 0 Å². The van der Waals surface area contributed by atoms with E-state index < -0.39 is 11.9 Å². The van der Waals surface area contributed by atoms with E-state index in [1.54, 1.807) is 6.07 Å². The van der Waals surface area contributed by atoms with Crippen molar-refractivity contribution in [2.24, 2.45) is 0 Å². The summed E-state index contributed by atoms with van der Waals surface area (Å²) in [7, 11) is 0. The molecule has 0 aliphatic rings. The summed E-state index contributed by atoms with van der Waals surface area (Å²) in [6, 6.07) is 17.1. The molecule has 0 saturated carbocycles. The van der Waals surface area contributed by atoms with E-state index in [1.807, 2.05) is 48.5 Å². The van der Waals surface area contributed by atoms with Crippen molar-refractivity contribution in [2.75, 3.05) is 5.32 Å². The standard InChI is InChI=1S/C20H17BrF3N3OS/c1-13-18(21)19(20(22,23)24)26-27(13)12-11-17(28)25-15-9-5-6-10-16(15)29-14-7-3-2-4-8-14/h2-10H,11-12H2,1H3,(H,25,28). The number of nitrogens with one attached hydrogen (secondary N) is 1. The molecule has 0 aliphatic carbocycles. The number of para-hydroxylation sites is 1. The minimum absolute atomic E-state index is 0.00338. The number of rotatable bonds is 6. The Kier molecular flexibility index (Phi) is 6.69. The Labute approximate surface area is 178 Å². The summed E-state index contributed by atoms with van der Waals surface area (Å²) in [5.41, 5.74) is -0.00845. The van der Waals surface area contributed by atoms with E-state index in [2.05, 4.69) is 26.3 Å². The van der Waals surface area contributed by atoms with Gasteiger partial charge in [0.15, 0.2) is 5.69 Å². The summed E-state index contributed by atoms with van der Waals surface area (Å²) in [6.45, 7) is 1.57. The van der Waals surface area contributed by atoms with Gasteiger partial charge in [0, 0.05) is 16.2 Å². The van der Waals surface area contributed by atoms with E-state index in [4.69, 9.17) is 0 Å². The van der Waals surface area contributed by atoms with Gasteiger partial charge in [-0.15, -0.1) is 0 Å². The summed E-state index contributed by atoms with van der Waals surface area (Å²) in [5.74, 6) is -0.300. The van der Waals surface area contributed by atoms with Gasteiger partial charge in [-0.3, -0.25) is 9.48 Å². The van der Waals surface area contributed by atoms with Crippen molar-refractivity contribution in [2.45, 2.75) is 35.9 Å². The van der Waals surface area contributed by atoms with Crippen molar-refractivity contribution in [3.8, 4) is 0 Å². The third-order valence-electron chi connectivity index (χ3n) is 4.08. The quantitative estimate of drug-likeness (QED) is 0.457. The molecule has 1 N–H and O–H groups in total. The molecule has 0 aliphatic heterocycles. The molecule has 0 bridgehead atoms. The molecule has 1 amide bonds. The van der Waals surface area contributed by atoms with Gasteiger partial charge in [0.2, 0.25) is 5.91 Å². The molecule has 2 aromatic carbocycles. The maximum atomic E-state index is 13.0. The van der Waals surface area contributed by atoms with Gasteiger partial charge in [0.25, 0.3) is 0 Å². The van der Waals surface area contributed by atoms with Crippen LogP contribution in [0.4, 0.5) is 18.9 Å². The van der Waals surface area contributed by atoms with Crippen LogP contribution in [0, 0.1) is 6.92 Å². The highest BCUT2D eigenvalue weighted by molar-refractivity contribution is 9.10. The smallest absolute Gasteiger partial charge is 0.325 e. The molecule has 0 unspecified atom stereocenters. The van der Waals surface area contributed by atoms with Gasteiger partial charge in [0.05, 0.1) is 22.4 Å². The number of anilines is 1. The van der Waals surface area contributed by atoms with Crippen LogP contribution < -0.4 is 5.32 Å². The monoisotopic (exact) mass is 483 g/mol. The van der Waals surface area contributed by atoms with Crippen LogP contribution in [-0.2, 0) is 17.5 Å². The van der Waals surface area contributed by atoms with Gasteiger partial charge in [-0.25, -0.2) is 0 Å². The van der Waals surface area contributed by atoms with Crippen molar-refractivity contribution >= 4 is 39.3 Å². The summed E-state index contributed by atoms with van der Waals surface area (Å²) in [5, 5.41) is 6.43. The SMILES string of the molecule is Cc1c(Br)c(C(F)(F)F)nn1CCC(=O)Nc1ccccc1Sc1ccccc1. The maximum absolute atomic E-state index is 13.0. The highest BCUT2D eigenvalue weighted by atomic mass is 79.9. The first-order valence-corrected chi connectivity index (χ1v) is 10.3. The number of carbonyl (C=O) groups excluding carboxylic acids is 1. The Morgan fingerprint density at radius 2 is 1.79 bits per heavy atom. The third-order valence-corrected chi connectivity index (χ3v) is 6.12. The van der Waals surface area contributed by atoms with Gasteiger partial charge >= 0.3 is 6.18 Å². The van der Waals surface area contributed by atoms with Crippen LogP contribution in [0.15, 0.2) is 68.9 Å². The molecule has 1 aromatic heterocycles. The predicted molar refractivity (Wildman–Crippen MR) is 110 cm³/mol. The fourth-order valence-corrected chi connectivity index (χ4v) is 4.05. The molecule has 4 nitrogen and oxygen atoms in total. The number of hydrogen-bond acceptors (Lipinski definition) is 3. The van der Waals surface area contributed by atoms with E-state index in [0.717, 1.165) is 9.79 Å². The van der Waals surface area contributed by atoms with E-state index in [1.165, 1.54) is 23.4 Å². The first kappa shape index (κ1) is 21.4. The summed E-state index contributed by atoms with van der Waals surface area (Å²) < 4.78 is 40.0. The predicted octanol–water partition coefficient (Wildman–Crippen LogP) is 6.15. The van der Waals surface area contributed by atoms with Crippen LogP contribution in [0.25, 0.3) is 0 Å². The zero-order valence-corrected chi connectivity index (χ0v) is 17.7. The normalized spacial score (nSPS) is 11.5. The lowest BCUT2D eigenvalue weighted by atomic mass is 10.3. The summed E-state index contributed by atoms with van der Waals surface area (Å²) >= 11 is 4.45. The largest absolute Gasteiger partial charge is 0.436 e. The van der Waals surface area contributed by atoms with E-state index in [-0.39, 0.29) is 23.3 Å². The minimum Gasteiger partial charge on any atom is -0.325 e. The molecule has 0 radical (unpaired) electrons. The number of halogens is 4. The fraction of sp³-hybridized carbons (Fsp3) is 0.200. The second-order valence-electron chi connectivity index (χ2n) is 6.18. The third kappa shape index (κ3) is 5.42. The van der Waals surface area contributed by atoms with Crippen LogP contribution in [0.3, 0.4) is 0 Å². The highest BCUT2D eigenvalue weighted by Gasteiger charge is 2.37. The fourth-order valence-electron chi connectivity index (χ4n) is 2.62. The van der Waals surface area contributed by atoms with Gasteiger partial charge < -0.3 is 5.32 Å². The first-order chi connectivity index (χ1) is 13.8. The van der Waals surface area contributed by atoms with E-state index in [9.17, 15) is 18.0 Å². The molecule has 3 aromatic rings. The molecular weight excluding hydrogens is 467 g/mol. The van der Waals surface area contributed by atoms with E-state index >= 15 is 0 Å². The molecule has 29 heavy (non-hydrogen) atoms. The van der Waals surface area contributed by atoms with Crippen LogP contribution in [0.2, 0.25) is 0 Å². The van der Waals surface area contributed by atoms with Crippen molar-refractivity contribution < 1.29 is 18.0 Å². The molecule has 0 atom stereocenters. The molecule has 152 valence electrons. The second-order valence-corrected chi connectivity index (χ2v) is 8.09. The number of aryl methyl sites for hydroxylation is 1. The van der Waals surface area contributed by atoms with Crippen LogP contribution in [0.5, 0.6) is 0 Å². The molecule has 0 saturated heterocycles. The summed E-state index contributed by atoms with van der Waals surface area (Å²) in [4.78, 5) is 14.3. The highest BCUT2D eigenvalue weighted by Crippen LogP contribution is 2.36. The molecule has 1 heterocycles. The molecule has 3 rings (SSSR count). The lowest BCUT2D eigenvalue weighted by molar-refractivity contribution is -0.142. The van der Waals surface area contributed by atoms with Crippen LogP contribution in [-0.4, -0.2) is 15.7 Å². The number of alkyl halides is 3. The molecular formula is C20H17BrF3N3OS. The average molecular weight is 484 g/mol. The second kappa shape index (κ2) is 9.04. The van der Waals surface area contributed by atoms with Crippen LogP contribution in [0.1, 0.15) is 17.8 Å².